The van der Waals surface area contributed by atoms with Gasteiger partial charge in [0.25, 0.3) is 11.1 Å². The minimum atomic E-state index is 0. The third-order valence-electron chi connectivity index (χ3n) is 1.80. The van der Waals surface area contributed by atoms with Crippen LogP contribution in [-0.2, 0) is 0 Å². The molecule has 0 aliphatic rings. The van der Waals surface area contributed by atoms with Gasteiger partial charge in [-0.25, -0.2) is 0 Å². The molecule has 0 saturated heterocycles. The molecule has 1 aromatic rings. The van der Waals surface area contributed by atoms with E-state index in [2.05, 4.69) is 36.7 Å². The lowest BCUT2D eigenvalue weighted by atomic mass is 10.1. The van der Waals surface area contributed by atoms with Crippen molar-refractivity contribution in [2.24, 2.45) is 5.92 Å². The second kappa shape index (κ2) is 7.09. The molecule has 3 N–H and O–H groups in total. The normalized spacial score (nSPS) is 12.6. The molecule has 0 bridgehead atoms. The van der Waals surface area contributed by atoms with E-state index in [4.69, 9.17) is 4.42 Å². The molecule has 0 aromatic carbocycles. The smallest absolute Gasteiger partial charge is 0.276 e. The van der Waals surface area contributed by atoms with E-state index in [-0.39, 0.29) is 18.4 Å². The Morgan fingerprint density at radius 2 is 2.07 bits per heavy atom. The lowest BCUT2D eigenvalue weighted by Gasteiger charge is -2.05. The fourth-order valence-electron chi connectivity index (χ4n) is 1.24. The number of halogens is 1. The average molecular weight is 252 g/mol. The van der Waals surface area contributed by atoms with Gasteiger partial charge in [0.15, 0.2) is 6.04 Å². The molecule has 1 heterocycles. The van der Waals surface area contributed by atoms with E-state index < -0.39 is 0 Å². The Hall–Kier alpha value is -0.260. The molecule has 4 nitrogen and oxygen atoms in total. The van der Waals surface area contributed by atoms with E-state index in [0.717, 1.165) is 12.2 Å². The molecular weight excluding hydrogens is 234 g/mol. The van der Waals surface area contributed by atoms with Gasteiger partial charge in [-0.2, -0.15) is 0 Å². The summed E-state index contributed by atoms with van der Waals surface area (Å²) in [5.74, 6) is 2.22. The van der Waals surface area contributed by atoms with Crippen LogP contribution in [-0.4, -0.2) is 16.0 Å². The summed E-state index contributed by atoms with van der Waals surface area (Å²) in [5, 5.41) is 8.58. The first kappa shape index (κ1) is 14.7. The minimum absolute atomic E-state index is 0. The standard InChI is InChI=1S/C9H17N3OS.ClH/c1-4-14-9-12-11-8(13-9)7(10)5-6(2)3;/h6-7H,4-5,10H2,1-3H3;1H/t7-;/m0./s1. The maximum absolute atomic E-state index is 5.46. The van der Waals surface area contributed by atoms with Crippen LogP contribution >= 0.6 is 11.8 Å². The van der Waals surface area contributed by atoms with Gasteiger partial charge in [-0.05, 0) is 11.7 Å². The van der Waals surface area contributed by atoms with E-state index in [0.29, 0.717) is 17.0 Å². The molecular formula is C9H18ClN3OS. The Morgan fingerprint density at radius 3 is 2.60 bits per heavy atom. The van der Waals surface area contributed by atoms with Gasteiger partial charge in [-0.3, -0.25) is 0 Å². The zero-order valence-electron chi connectivity index (χ0n) is 9.36. The zero-order valence-corrected chi connectivity index (χ0v) is 10.9. The zero-order chi connectivity index (χ0) is 10.6. The molecule has 0 aliphatic carbocycles. The van der Waals surface area contributed by atoms with Crippen LogP contribution in [0, 0.1) is 5.92 Å². The highest BCUT2D eigenvalue weighted by molar-refractivity contribution is 7.99. The third kappa shape index (κ3) is 4.86. The van der Waals surface area contributed by atoms with Crippen molar-refractivity contribution < 1.29 is 22.6 Å². The summed E-state index contributed by atoms with van der Waals surface area (Å²) in [6.07, 6.45) is 0.985. The van der Waals surface area contributed by atoms with E-state index in [1.165, 1.54) is 0 Å². The number of hydrogen-bond acceptors (Lipinski definition) is 4. The molecule has 0 amide bonds. The van der Waals surface area contributed by atoms with E-state index in [9.17, 15) is 0 Å². The van der Waals surface area contributed by atoms with Crippen molar-refractivity contribution in [2.75, 3.05) is 5.75 Å². The summed E-state index contributed by atoms with van der Waals surface area (Å²) in [6.45, 7) is 6.39. The fraction of sp³-hybridized carbons (Fsp3) is 0.778. The lowest BCUT2D eigenvalue weighted by Crippen LogP contribution is -3.00. The second-order valence-corrected chi connectivity index (χ2v) is 4.88. The highest BCUT2D eigenvalue weighted by Crippen LogP contribution is 2.20. The van der Waals surface area contributed by atoms with E-state index >= 15 is 0 Å². The van der Waals surface area contributed by atoms with Gasteiger partial charge < -0.3 is 22.6 Å². The Labute approximate surface area is 101 Å². The SMILES string of the molecule is CCSc1nnc([C@@H]([NH3+])CC(C)C)o1.[Cl-]. The molecule has 6 heteroatoms. The highest BCUT2D eigenvalue weighted by Gasteiger charge is 2.18. The third-order valence-corrected chi connectivity index (χ3v) is 2.50. The second-order valence-electron chi connectivity index (χ2n) is 3.67. The van der Waals surface area contributed by atoms with Gasteiger partial charge in [0.05, 0.1) is 0 Å². The number of nitrogens with zero attached hydrogens (tertiary/aromatic N) is 2. The molecule has 15 heavy (non-hydrogen) atoms. The first-order chi connectivity index (χ1) is 6.63. The topological polar surface area (TPSA) is 66.6 Å². The van der Waals surface area contributed by atoms with Crippen LogP contribution in [0.3, 0.4) is 0 Å². The molecule has 1 rings (SSSR count). The van der Waals surface area contributed by atoms with Crippen molar-refractivity contribution in [3.8, 4) is 0 Å². The van der Waals surface area contributed by atoms with Crippen molar-refractivity contribution in [1.29, 1.82) is 0 Å². The first-order valence-electron chi connectivity index (χ1n) is 4.92. The summed E-state index contributed by atoms with van der Waals surface area (Å²) >= 11 is 1.56. The van der Waals surface area contributed by atoms with Gasteiger partial charge in [0.2, 0.25) is 0 Å². The van der Waals surface area contributed by atoms with Crippen molar-refractivity contribution >= 4 is 11.8 Å². The van der Waals surface area contributed by atoms with Crippen LogP contribution in [0.25, 0.3) is 0 Å². The van der Waals surface area contributed by atoms with E-state index in [1.807, 2.05) is 0 Å². The van der Waals surface area contributed by atoms with Gasteiger partial charge in [-0.1, -0.05) is 32.5 Å². The summed E-state index contributed by atoms with van der Waals surface area (Å²) < 4.78 is 5.46. The molecule has 0 saturated carbocycles. The monoisotopic (exact) mass is 251 g/mol. The number of aromatic nitrogens is 2. The molecule has 0 spiro atoms. The van der Waals surface area contributed by atoms with Crippen LogP contribution < -0.4 is 18.1 Å². The molecule has 88 valence electrons. The van der Waals surface area contributed by atoms with Crippen LogP contribution in [0.4, 0.5) is 0 Å². The largest absolute Gasteiger partial charge is 1.00 e. The molecule has 0 fully saturated rings. The average Bonchev–Trinajstić information content (AvgIpc) is 2.52. The first-order valence-corrected chi connectivity index (χ1v) is 5.91. The van der Waals surface area contributed by atoms with Gasteiger partial charge in [-0.15, -0.1) is 10.2 Å². The number of rotatable bonds is 5. The summed E-state index contributed by atoms with van der Waals surface area (Å²) in [4.78, 5) is 0. The Kier molecular flexibility index (Phi) is 6.96. The Bertz CT molecular complexity index is 280. The fourth-order valence-corrected chi connectivity index (χ4v) is 1.73. The van der Waals surface area contributed by atoms with Crippen molar-refractivity contribution in [1.82, 2.24) is 10.2 Å². The molecule has 0 radical (unpaired) electrons. The predicted molar refractivity (Wildman–Crippen MR) is 55.8 cm³/mol. The van der Waals surface area contributed by atoms with Crippen molar-refractivity contribution in [3.63, 3.8) is 0 Å². The predicted octanol–water partition coefficient (Wildman–Crippen LogP) is -1.49. The number of thioether (sulfide) groups is 1. The Morgan fingerprint density at radius 1 is 1.40 bits per heavy atom. The number of hydrogen-bond donors (Lipinski definition) is 1. The molecule has 1 aromatic heterocycles. The molecule has 0 aliphatic heterocycles. The van der Waals surface area contributed by atoms with Crippen LogP contribution in [0.15, 0.2) is 9.64 Å². The Balaban J connectivity index is 0.00000196. The van der Waals surface area contributed by atoms with Gasteiger partial charge in [0, 0.05) is 6.42 Å². The van der Waals surface area contributed by atoms with Crippen LogP contribution in [0.2, 0.25) is 0 Å². The van der Waals surface area contributed by atoms with E-state index in [1.54, 1.807) is 11.8 Å². The van der Waals surface area contributed by atoms with Crippen LogP contribution in [0.5, 0.6) is 0 Å². The minimum Gasteiger partial charge on any atom is -1.00 e. The van der Waals surface area contributed by atoms with Gasteiger partial charge >= 0.3 is 0 Å². The highest BCUT2D eigenvalue weighted by atomic mass is 35.5. The maximum atomic E-state index is 5.46. The quantitative estimate of drug-likeness (QED) is 0.648. The molecule has 0 unspecified atom stereocenters. The summed E-state index contributed by atoms with van der Waals surface area (Å²) in [7, 11) is 0. The maximum Gasteiger partial charge on any atom is 0.276 e. The van der Waals surface area contributed by atoms with Crippen molar-refractivity contribution in [2.45, 2.75) is 38.5 Å². The van der Waals surface area contributed by atoms with Crippen molar-refractivity contribution in [3.05, 3.63) is 5.89 Å². The summed E-state index contributed by atoms with van der Waals surface area (Å²) in [5.41, 5.74) is 4.02. The van der Waals surface area contributed by atoms with Crippen LogP contribution in [0.1, 0.15) is 39.1 Å². The van der Waals surface area contributed by atoms with Gasteiger partial charge in [0.1, 0.15) is 0 Å². The molecule has 1 atom stereocenters. The number of quaternary nitrogens is 1. The lowest BCUT2D eigenvalue weighted by molar-refractivity contribution is -0.435. The summed E-state index contributed by atoms with van der Waals surface area (Å²) in [6, 6.07) is 0.119.